The fraction of sp³-hybridized carbons (Fsp3) is 0.688. The second-order valence-corrected chi connectivity index (χ2v) is 5.69. The van der Waals surface area contributed by atoms with E-state index in [-0.39, 0.29) is 11.8 Å². The minimum atomic E-state index is -0.0706. The summed E-state index contributed by atoms with van der Waals surface area (Å²) in [5.41, 5.74) is 6.62. The SMILES string of the molecule is CCCCN(CCCC)C(=O)c1nc(C(C)C)ncc1N. The van der Waals surface area contributed by atoms with Gasteiger partial charge in [0.05, 0.1) is 11.9 Å². The maximum absolute atomic E-state index is 12.7. The van der Waals surface area contributed by atoms with Gasteiger partial charge in [0, 0.05) is 19.0 Å². The molecule has 0 aliphatic rings. The molecule has 1 rings (SSSR count). The molecule has 5 nitrogen and oxygen atoms in total. The summed E-state index contributed by atoms with van der Waals surface area (Å²) < 4.78 is 0. The van der Waals surface area contributed by atoms with Gasteiger partial charge >= 0.3 is 0 Å². The molecule has 0 radical (unpaired) electrons. The molecule has 5 heteroatoms. The van der Waals surface area contributed by atoms with Crippen molar-refractivity contribution in [2.24, 2.45) is 0 Å². The number of carbonyl (C=O) groups is 1. The molecule has 0 unspecified atom stereocenters. The number of hydrogen-bond acceptors (Lipinski definition) is 4. The molecule has 0 fully saturated rings. The lowest BCUT2D eigenvalue weighted by Crippen LogP contribution is -2.34. The molecule has 1 heterocycles. The number of nitrogen functional groups attached to an aromatic ring is 1. The Kier molecular flexibility index (Phi) is 7.12. The van der Waals surface area contributed by atoms with Gasteiger partial charge in [0.1, 0.15) is 5.82 Å². The minimum Gasteiger partial charge on any atom is -0.396 e. The summed E-state index contributed by atoms with van der Waals surface area (Å²) in [5, 5.41) is 0. The van der Waals surface area contributed by atoms with E-state index in [1.165, 1.54) is 0 Å². The smallest absolute Gasteiger partial charge is 0.274 e. The van der Waals surface area contributed by atoms with Crippen LogP contribution in [0.3, 0.4) is 0 Å². The molecule has 0 aromatic carbocycles. The molecule has 0 saturated heterocycles. The molecule has 0 aliphatic heterocycles. The van der Waals surface area contributed by atoms with Crippen molar-refractivity contribution in [3.8, 4) is 0 Å². The summed E-state index contributed by atoms with van der Waals surface area (Å²) in [5.74, 6) is 0.772. The van der Waals surface area contributed by atoms with Crippen LogP contribution < -0.4 is 5.73 Å². The van der Waals surface area contributed by atoms with Gasteiger partial charge in [-0.1, -0.05) is 40.5 Å². The fourth-order valence-electron chi connectivity index (χ4n) is 2.02. The molecule has 1 amide bonds. The van der Waals surface area contributed by atoms with Gasteiger partial charge in [0.2, 0.25) is 0 Å². The van der Waals surface area contributed by atoms with Gasteiger partial charge in [-0.2, -0.15) is 0 Å². The number of amides is 1. The third-order valence-electron chi connectivity index (χ3n) is 3.41. The second-order valence-electron chi connectivity index (χ2n) is 5.69. The zero-order valence-electron chi connectivity index (χ0n) is 13.7. The lowest BCUT2D eigenvalue weighted by atomic mass is 10.2. The highest BCUT2D eigenvalue weighted by Gasteiger charge is 2.20. The van der Waals surface area contributed by atoms with Gasteiger partial charge in [-0.25, -0.2) is 9.97 Å². The maximum Gasteiger partial charge on any atom is 0.274 e. The van der Waals surface area contributed by atoms with Crippen molar-refractivity contribution in [3.05, 3.63) is 17.7 Å². The zero-order valence-corrected chi connectivity index (χ0v) is 13.7. The summed E-state index contributed by atoms with van der Waals surface area (Å²) in [6, 6.07) is 0. The van der Waals surface area contributed by atoms with E-state index in [0.29, 0.717) is 17.2 Å². The molecule has 1 aromatic rings. The quantitative estimate of drug-likeness (QED) is 0.798. The third-order valence-corrected chi connectivity index (χ3v) is 3.41. The zero-order chi connectivity index (χ0) is 15.8. The lowest BCUT2D eigenvalue weighted by Gasteiger charge is -2.23. The minimum absolute atomic E-state index is 0.0706. The molecule has 0 atom stereocenters. The molecule has 21 heavy (non-hydrogen) atoms. The molecule has 0 spiro atoms. The van der Waals surface area contributed by atoms with E-state index in [2.05, 4.69) is 23.8 Å². The van der Waals surface area contributed by atoms with Crippen LogP contribution in [-0.4, -0.2) is 33.9 Å². The molecule has 0 aliphatic carbocycles. The summed E-state index contributed by atoms with van der Waals surface area (Å²) in [7, 11) is 0. The Morgan fingerprint density at radius 2 is 1.81 bits per heavy atom. The van der Waals surface area contributed by atoms with Crippen molar-refractivity contribution in [1.29, 1.82) is 0 Å². The molecule has 0 saturated carbocycles. The summed E-state index contributed by atoms with van der Waals surface area (Å²) in [4.78, 5) is 23.2. The van der Waals surface area contributed by atoms with E-state index in [9.17, 15) is 4.79 Å². The Bertz CT molecular complexity index is 452. The van der Waals surface area contributed by atoms with Gasteiger partial charge in [-0.3, -0.25) is 4.79 Å². The van der Waals surface area contributed by atoms with Gasteiger partial charge in [-0.15, -0.1) is 0 Å². The first kappa shape index (κ1) is 17.4. The van der Waals surface area contributed by atoms with Crippen molar-refractivity contribution in [2.75, 3.05) is 18.8 Å². The average Bonchev–Trinajstić information content (AvgIpc) is 2.47. The van der Waals surface area contributed by atoms with E-state index in [1.807, 2.05) is 18.7 Å². The first-order valence-electron chi connectivity index (χ1n) is 7.92. The Balaban J connectivity index is 2.98. The first-order valence-corrected chi connectivity index (χ1v) is 7.92. The lowest BCUT2D eigenvalue weighted by molar-refractivity contribution is 0.0745. The fourth-order valence-corrected chi connectivity index (χ4v) is 2.02. The molecule has 118 valence electrons. The molecular weight excluding hydrogens is 264 g/mol. The van der Waals surface area contributed by atoms with E-state index < -0.39 is 0 Å². The molecule has 0 bridgehead atoms. The van der Waals surface area contributed by atoms with E-state index in [0.717, 1.165) is 38.8 Å². The van der Waals surface area contributed by atoms with Gasteiger partial charge in [0.25, 0.3) is 5.91 Å². The largest absolute Gasteiger partial charge is 0.396 e. The second kappa shape index (κ2) is 8.60. The number of rotatable bonds is 8. The Hall–Kier alpha value is -1.65. The van der Waals surface area contributed by atoms with Crippen molar-refractivity contribution < 1.29 is 4.79 Å². The standard InChI is InChI=1S/C16H28N4O/c1-5-7-9-20(10-8-6-2)16(21)14-13(17)11-18-15(19-14)12(3)4/h11-12H,5-10,17H2,1-4H3. The predicted octanol–water partition coefficient (Wildman–Crippen LogP) is 3.22. The highest BCUT2D eigenvalue weighted by Crippen LogP contribution is 2.16. The molecule has 2 N–H and O–H groups in total. The average molecular weight is 292 g/mol. The van der Waals surface area contributed by atoms with Crippen LogP contribution in [0, 0.1) is 0 Å². The van der Waals surface area contributed by atoms with E-state index in [4.69, 9.17) is 5.73 Å². The summed E-state index contributed by atoms with van der Waals surface area (Å²) in [6.07, 6.45) is 5.67. The van der Waals surface area contributed by atoms with Crippen molar-refractivity contribution in [1.82, 2.24) is 14.9 Å². The predicted molar refractivity (Wildman–Crippen MR) is 86.3 cm³/mol. The number of carbonyl (C=O) groups excluding carboxylic acids is 1. The monoisotopic (exact) mass is 292 g/mol. The van der Waals surface area contributed by atoms with Crippen LogP contribution in [0.25, 0.3) is 0 Å². The number of aromatic nitrogens is 2. The van der Waals surface area contributed by atoms with Crippen LogP contribution >= 0.6 is 0 Å². The molecule has 1 aromatic heterocycles. The number of anilines is 1. The highest BCUT2D eigenvalue weighted by molar-refractivity contribution is 5.96. The van der Waals surface area contributed by atoms with Crippen molar-refractivity contribution in [3.63, 3.8) is 0 Å². The maximum atomic E-state index is 12.7. The topological polar surface area (TPSA) is 72.1 Å². The normalized spacial score (nSPS) is 10.9. The summed E-state index contributed by atoms with van der Waals surface area (Å²) in [6.45, 7) is 9.78. The number of nitrogens with zero attached hydrogens (tertiary/aromatic N) is 3. The van der Waals surface area contributed by atoms with Crippen LogP contribution in [-0.2, 0) is 0 Å². The summed E-state index contributed by atoms with van der Waals surface area (Å²) >= 11 is 0. The van der Waals surface area contributed by atoms with Crippen LogP contribution in [0.1, 0.15) is 75.6 Å². The first-order chi connectivity index (χ1) is 10.0. The van der Waals surface area contributed by atoms with Gasteiger partial charge in [-0.05, 0) is 12.8 Å². The molecular formula is C16H28N4O. The van der Waals surface area contributed by atoms with Gasteiger partial charge < -0.3 is 10.6 Å². The Morgan fingerprint density at radius 1 is 1.24 bits per heavy atom. The van der Waals surface area contributed by atoms with Crippen LogP contribution in [0.15, 0.2) is 6.20 Å². The number of nitrogens with two attached hydrogens (primary N) is 1. The van der Waals surface area contributed by atoms with E-state index in [1.54, 1.807) is 6.20 Å². The van der Waals surface area contributed by atoms with Crippen LogP contribution in [0.4, 0.5) is 5.69 Å². The van der Waals surface area contributed by atoms with Crippen LogP contribution in [0.5, 0.6) is 0 Å². The van der Waals surface area contributed by atoms with E-state index >= 15 is 0 Å². The van der Waals surface area contributed by atoms with Gasteiger partial charge in [0.15, 0.2) is 5.69 Å². The highest BCUT2D eigenvalue weighted by atomic mass is 16.2. The van der Waals surface area contributed by atoms with Crippen LogP contribution in [0.2, 0.25) is 0 Å². The third kappa shape index (κ3) is 4.99. The van der Waals surface area contributed by atoms with Crippen molar-refractivity contribution in [2.45, 2.75) is 59.3 Å². The Labute approximate surface area is 128 Å². The number of hydrogen-bond donors (Lipinski definition) is 1. The Morgan fingerprint density at radius 3 is 2.29 bits per heavy atom. The van der Waals surface area contributed by atoms with Crippen molar-refractivity contribution >= 4 is 11.6 Å². The number of unbranched alkanes of at least 4 members (excludes halogenated alkanes) is 2.